The molecule has 3 atom stereocenters. The van der Waals surface area contributed by atoms with Crippen LogP contribution in [-0.4, -0.2) is 83.8 Å². The first kappa shape index (κ1) is 23.0. The number of hydrogen-bond acceptors (Lipinski definition) is 7. The molecule has 7 heteroatoms. The van der Waals surface area contributed by atoms with Crippen LogP contribution < -0.4 is 31.9 Å². The zero-order chi connectivity index (χ0) is 19.5. The Morgan fingerprint density at radius 1 is 0.556 bits per heavy atom. The first-order valence-corrected chi connectivity index (χ1v) is 10.9. The second-order valence-corrected chi connectivity index (χ2v) is 9.53. The summed E-state index contributed by atoms with van der Waals surface area (Å²) >= 11 is 0. The van der Waals surface area contributed by atoms with E-state index in [1.165, 1.54) is 0 Å². The van der Waals surface area contributed by atoms with Crippen LogP contribution in [0.1, 0.15) is 27.7 Å². The lowest BCUT2D eigenvalue weighted by Gasteiger charge is -2.33. The smallest absolute Gasteiger partial charge is 0.0505 e. The first-order valence-electron chi connectivity index (χ1n) is 10.9. The molecule has 3 heterocycles. The number of rotatable bonds is 0. The van der Waals surface area contributed by atoms with E-state index in [9.17, 15) is 0 Å². The molecule has 3 aliphatic rings. The van der Waals surface area contributed by atoms with Crippen molar-refractivity contribution in [3.63, 3.8) is 0 Å². The summed E-state index contributed by atoms with van der Waals surface area (Å²) in [5, 5.41) is 22.2. The second kappa shape index (κ2) is 12.3. The van der Waals surface area contributed by atoms with Gasteiger partial charge in [-0.1, -0.05) is 27.7 Å². The minimum absolute atomic E-state index is 0.221. The molecule has 3 fully saturated rings. The lowest BCUT2D eigenvalue weighted by Crippen LogP contribution is -2.51. The molecule has 2 unspecified atom stereocenters. The molecule has 0 saturated carbocycles. The van der Waals surface area contributed by atoms with Gasteiger partial charge in [0.1, 0.15) is 0 Å². The van der Waals surface area contributed by atoms with Gasteiger partial charge in [0, 0.05) is 44.7 Å². The van der Waals surface area contributed by atoms with E-state index in [2.05, 4.69) is 64.5 Å². The summed E-state index contributed by atoms with van der Waals surface area (Å²) < 4.78 is 0. The van der Waals surface area contributed by atoms with Crippen molar-refractivity contribution in [1.29, 1.82) is 0 Å². The summed E-state index contributed by atoms with van der Waals surface area (Å²) in [6, 6.07) is 0. The molecular formula is C20H45N7. The zero-order valence-corrected chi connectivity index (χ0v) is 18.2. The van der Waals surface area contributed by atoms with Crippen LogP contribution in [0.2, 0.25) is 0 Å². The van der Waals surface area contributed by atoms with E-state index in [0.717, 1.165) is 78.9 Å². The van der Waals surface area contributed by atoms with Gasteiger partial charge in [0.05, 0.1) is 20.0 Å². The maximum Gasteiger partial charge on any atom is 0.0505 e. The van der Waals surface area contributed by atoms with Crippen LogP contribution >= 0.6 is 0 Å². The summed E-state index contributed by atoms with van der Waals surface area (Å²) in [6.07, 6.45) is 0. The van der Waals surface area contributed by atoms with Gasteiger partial charge < -0.3 is 31.9 Å². The summed E-state index contributed by atoms with van der Waals surface area (Å²) in [5.74, 6) is 1.87. The number of nitrogens with one attached hydrogen (secondary N) is 6. The van der Waals surface area contributed by atoms with Gasteiger partial charge in [-0.3, -0.25) is 4.90 Å². The Labute approximate surface area is 167 Å². The van der Waals surface area contributed by atoms with Gasteiger partial charge in [0.2, 0.25) is 0 Å². The van der Waals surface area contributed by atoms with E-state index in [0.29, 0.717) is 17.8 Å². The number of fused-ring (bicyclic) bond motifs is 18. The molecule has 7 nitrogen and oxygen atoms in total. The van der Waals surface area contributed by atoms with E-state index in [1.807, 2.05) is 0 Å². The van der Waals surface area contributed by atoms with Gasteiger partial charge in [0.25, 0.3) is 0 Å². The zero-order valence-electron chi connectivity index (χ0n) is 18.2. The van der Waals surface area contributed by atoms with Crippen LogP contribution in [0.5, 0.6) is 0 Å². The fourth-order valence-corrected chi connectivity index (χ4v) is 3.84. The van der Waals surface area contributed by atoms with Gasteiger partial charge in [-0.25, -0.2) is 0 Å². The molecule has 0 spiro atoms. The van der Waals surface area contributed by atoms with E-state index in [4.69, 9.17) is 0 Å². The minimum Gasteiger partial charge on any atom is -0.316 e. The van der Waals surface area contributed by atoms with Crippen molar-refractivity contribution in [2.45, 2.75) is 27.7 Å². The SMILES string of the molecule is CC1CNCN2CNCC(C)CNCC(C)(CNC1)CNC[C@H](C)CNC2. The lowest BCUT2D eigenvalue weighted by molar-refractivity contribution is 0.197. The van der Waals surface area contributed by atoms with Crippen molar-refractivity contribution < 1.29 is 0 Å². The Morgan fingerprint density at radius 3 is 1.19 bits per heavy atom. The third kappa shape index (κ3) is 9.65. The average molecular weight is 384 g/mol. The summed E-state index contributed by atoms with van der Waals surface area (Å²) in [4.78, 5) is 2.43. The van der Waals surface area contributed by atoms with E-state index < -0.39 is 0 Å². The van der Waals surface area contributed by atoms with Crippen LogP contribution in [0.4, 0.5) is 0 Å². The maximum atomic E-state index is 3.74. The van der Waals surface area contributed by atoms with Crippen molar-refractivity contribution in [1.82, 2.24) is 36.8 Å². The summed E-state index contributed by atoms with van der Waals surface area (Å²) in [6.45, 7) is 21.6. The van der Waals surface area contributed by atoms with Crippen molar-refractivity contribution >= 4 is 0 Å². The highest BCUT2D eigenvalue weighted by Gasteiger charge is 2.24. The van der Waals surface area contributed by atoms with Crippen LogP contribution in [0.15, 0.2) is 0 Å². The minimum atomic E-state index is 0.221. The van der Waals surface area contributed by atoms with Crippen LogP contribution in [-0.2, 0) is 0 Å². The highest BCUT2D eigenvalue weighted by Crippen LogP contribution is 2.13. The second-order valence-electron chi connectivity index (χ2n) is 9.53. The Bertz CT molecular complexity index is 337. The number of nitrogens with zero attached hydrogens (tertiary/aromatic N) is 1. The molecule has 2 bridgehead atoms. The summed E-state index contributed by atoms with van der Waals surface area (Å²) in [5.41, 5.74) is 0.221. The Kier molecular flexibility index (Phi) is 10.5. The molecule has 3 saturated heterocycles. The molecule has 0 aliphatic carbocycles. The molecule has 0 amide bonds. The molecule has 0 aromatic carbocycles. The maximum absolute atomic E-state index is 3.74. The normalized spacial score (nSPS) is 39.6. The van der Waals surface area contributed by atoms with Gasteiger partial charge in [-0.2, -0.15) is 0 Å². The van der Waals surface area contributed by atoms with Crippen LogP contribution in [0.25, 0.3) is 0 Å². The van der Waals surface area contributed by atoms with Gasteiger partial charge in [-0.15, -0.1) is 0 Å². The molecule has 27 heavy (non-hydrogen) atoms. The topological polar surface area (TPSA) is 75.4 Å². The largest absolute Gasteiger partial charge is 0.316 e. The van der Waals surface area contributed by atoms with Crippen LogP contribution in [0.3, 0.4) is 0 Å². The first-order chi connectivity index (χ1) is 13.0. The molecule has 6 N–H and O–H groups in total. The molecule has 0 aromatic rings. The Hall–Kier alpha value is -0.280. The van der Waals surface area contributed by atoms with Crippen molar-refractivity contribution in [3.8, 4) is 0 Å². The third-order valence-electron chi connectivity index (χ3n) is 5.62. The predicted octanol–water partition coefficient (Wildman–Crippen LogP) is -0.360. The van der Waals surface area contributed by atoms with Crippen LogP contribution in [0, 0.1) is 23.2 Å². The monoisotopic (exact) mass is 383 g/mol. The molecule has 0 radical (unpaired) electrons. The molecular weight excluding hydrogens is 338 g/mol. The average Bonchev–Trinajstić information content (AvgIpc) is 2.60. The number of hydrogen-bond donors (Lipinski definition) is 6. The van der Waals surface area contributed by atoms with Gasteiger partial charge in [0.15, 0.2) is 0 Å². The third-order valence-corrected chi connectivity index (χ3v) is 5.62. The highest BCUT2D eigenvalue weighted by atomic mass is 15.3. The van der Waals surface area contributed by atoms with Gasteiger partial charge in [-0.05, 0) is 37.4 Å². The van der Waals surface area contributed by atoms with Crippen molar-refractivity contribution in [2.24, 2.45) is 23.2 Å². The Balaban J connectivity index is 2.08. The fraction of sp³-hybridized carbons (Fsp3) is 1.00. The van der Waals surface area contributed by atoms with Crippen molar-refractivity contribution in [2.75, 3.05) is 78.9 Å². The lowest BCUT2D eigenvalue weighted by atomic mass is 9.89. The summed E-state index contributed by atoms with van der Waals surface area (Å²) in [7, 11) is 0. The van der Waals surface area contributed by atoms with E-state index in [-0.39, 0.29) is 5.41 Å². The molecule has 3 rings (SSSR count). The molecule has 3 aliphatic heterocycles. The molecule has 160 valence electrons. The standard InChI is InChI=1S/C20H45N7/c1-17-5-21-11-20(4)12-22-6-18(2)9-25-15-27(14-24-8-17)16-26-10-19(3)7-23-13-20/h17-19,21-26H,5-16H2,1-4H3/t17-,18?,19?,20?/m0/s1. The Morgan fingerprint density at radius 2 is 0.852 bits per heavy atom. The fourth-order valence-electron chi connectivity index (χ4n) is 3.84. The van der Waals surface area contributed by atoms with E-state index in [1.54, 1.807) is 0 Å². The predicted molar refractivity (Wildman–Crippen MR) is 115 cm³/mol. The van der Waals surface area contributed by atoms with Gasteiger partial charge >= 0.3 is 0 Å². The highest BCUT2D eigenvalue weighted by molar-refractivity contribution is 4.83. The van der Waals surface area contributed by atoms with E-state index >= 15 is 0 Å². The molecule has 0 aromatic heterocycles. The quantitative estimate of drug-likeness (QED) is 0.341. The van der Waals surface area contributed by atoms with Crippen molar-refractivity contribution in [3.05, 3.63) is 0 Å².